The van der Waals surface area contributed by atoms with Gasteiger partial charge in [-0.25, -0.2) is 0 Å². The zero-order valence-corrected chi connectivity index (χ0v) is 13.1. The maximum atomic E-state index is 4.73. The molecule has 0 saturated carbocycles. The molecule has 0 fully saturated rings. The SMILES string of the molecule is c1ccc2c(-c3cc4ccccc4c4ccccc34)nccc2c1. The molecule has 0 aliphatic carbocycles. The van der Waals surface area contributed by atoms with E-state index < -0.39 is 0 Å². The Morgan fingerprint density at radius 2 is 1.12 bits per heavy atom. The molecule has 0 radical (unpaired) electrons. The number of nitrogens with zero attached hydrogens (tertiary/aromatic N) is 1. The van der Waals surface area contributed by atoms with Crippen molar-refractivity contribution < 1.29 is 0 Å². The number of benzene rings is 4. The number of hydrogen-bond donors (Lipinski definition) is 0. The van der Waals surface area contributed by atoms with Crippen LogP contribution in [0.15, 0.2) is 91.1 Å². The quantitative estimate of drug-likeness (QED) is 0.336. The molecule has 5 aromatic rings. The van der Waals surface area contributed by atoms with E-state index in [4.69, 9.17) is 4.98 Å². The Hall–Kier alpha value is -3.19. The first kappa shape index (κ1) is 13.3. The molecule has 4 aromatic carbocycles. The fourth-order valence-corrected chi connectivity index (χ4v) is 3.58. The molecular formula is C23H15N. The Balaban J connectivity index is 1.98. The molecule has 0 aliphatic rings. The Bertz CT molecular complexity index is 1200. The smallest absolute Gasteiger partial charge is 0.0786 e. The van der Waals surface area contributed by atoms with E-state index in [1.165, 1.54) is 37.9 Å². The molecule has 0 bridgehead atoms. The van der Waals surface area contributed by atoms with Crippen LogP contribution in [0.3, 0.4) is 0 Å². The van der Waals surface area contributed by atoms with Crippen molar-refractivity contribution in [1.82, 2.24) is 4.98 Å². The van der Waals surface area contributed by atoms with Gasteiger partial charge in [-0.05, 0) is 39.1 Å². The van der Waals surface area contributed by atoms with Gasteiger partial charge in [0.2, 0.25) is 0 Å². The van der Waals surface area contributed by atoms with Crippen LogP contribution in [0.2, 0.25) is 0 Å². The van der Waals surface area contributed by atoms with Crippen LogP contribution < -0.4 is 0 Å². The fourth-order valence-electron chi connectivity index (χ4n) is 3.58. The van der Waals surface area contributed by atoms with E-state index >= 15 is 0 Å². The maximum absolute atomic E-state index is 4.73. The Kier molecular flexibility index (Phi) is 2.86. The summed E-state index contributed by atoms with van der Waals surface area (Å²) in [5, 5.41) is 7.48. The third-order valence-electron chi connectivity index (χ3n) is 4.70. The zero-order chi connectivity index (χ0) is 15.9. The van der Waals surface area contributed by atoms with Crippen LogP contribution in [0.1, 0.15) is 0 Å². The number of rotatable bonds is 1. The molecule has 0 spiro atoms. The van der Waals surface area contributed by atoms with Gasteiger partial charge in [0.15, 0.2) is 0 Å². The molecule has 1 aromatic heterocycles. The van der Waals surface area contributed by atoms with Crippen molar-refractivity contribution >= 4 is 32.3 Å². The molecule has 1 heterocycles. The second-order valence-corrected chi connectivity index (χ2v) is 6.07. The summed E-state index contributed by atoms with van der Waals surface area (Å²) in [5.41, 5.74) is 2.25. The van der Waals surface area contributed by atoms with Crippen LogP contribution in [0.5, 0.6) is 0 Å². The van der Waals surface area contributed by atoms with E-state index in [1.807, 2.05) is 6.20 Å². The third-order valence-corrected chi connectivity index (χ3v) is 4.70. The van der Waals surface area contributed by atoms with Gasteiger partial charge < -0.3 is 0 Å². The van der Waals surface area contributed by atoms with Gasteiger partial charge in [-0.2, -0.15) is 0 Å². The van der Waals surface area contributed by atoms with E-state index in [9.17, 15) is 0 Å². The predicted octanol–water partition coefficient (Wildman–Crippen LogP) is 6.21. The van der Waals surface area contributed by atoms with Crippen LogP contribution in [-0.2, 0) is 0 Å². The van der Waals surface area contributed by atoms with Gasteiger partial charge in [0, 0.05) is 17.1 Å². The van der Waals surface area contributed by atoms with Gasteiger partial charge in [0.25, 0.3) is 0 Å². The summed E-state index contributed by atoms with van der Waals surface area (Å²) in [6.45, 7) is 0. The largest absolute Gasteiger partial charge is 0.256 e. The molecule has 1 heteroatoms. The number of hydrogen-bond acceptors (Lipinski definition) is 1. The fraction of sp³-hybridized carbons (Fsp3) is 0. The van der Waals surface area contributed by atoms with E-state index in [-0.39, 0.29) is 0 Å². The van der Waals surface area contributed by atoms with Crippen LogP contribution in [0.25, 0.3) is 43.6 Å². The molecule has 112 valence electrons. The van der Waals surface area contributed by atoms with Gasteiger partial charge in [0.1, 0.15) is 0 Å². The maximum Gasteiger partial charge on any atom is 0.0786 e. The molecule has 1 nitrogen and oxygen atoms in total. The summed E-state index contributed by atoms with van der Waals surface area (Å²) in [7, 11) is 0. The van der Waals surface area contributed by atoms with Crippen molar-refractivity contribution in [2.75, 3.05) is 0 Å². The summed E-state index contributed by atoms with van der Waals surface area (Å²) in [6, 6.07) is 30.0. The second-order valence-electron chi connectivity index (χ2n) is 6.07. The zero-order valence-electron chi connectivity index (χ0n) is 13.1. The van der Waals surface area contributed by atoms with E-state index in [0.717, 1.165) is 5.69 Å². The van der Waals surface area contributed by atoms with Crippen molar-refractivity contribution in [3.05, 3.63) is 91.1 Å². The van der Waals surface area contributed by atoms with Crippen molar-refractivity contribution in [2.45, 2.75) is 0 Å². The van der Waals surface area contributed by atoms with Crippen LogP contribution in [-0.4, -0.2) is 4.98 Å². The highest BCUT2D eigenvalue weighted by Crippen LogP contribution is 2.36. The third kappa shape index (κ3) is 1.92. The minimum absolute atomic E-state index is 1.05. The Morgan fingerprint density at radius 3 is 1.96 bits per heavy atom. The monoisotopic (exact) mass is 305 g/mol. The first-order chi connectivity index (χ1) is 11.9. The summed E-state index contributed by atoms with van der Waals surface area (Å²) >= 11 is 0. The van der Waals surface area contributed by atoms with Gasteiger partial charge in [-0.1, -0.05) is 72.8 Å². The van der Waals surface area contributed by atoms with Gasteiger partial charge in [-0.3, -0.25) is 4.98 Å². The lowest BCUT2D eigenvalue weighted by atomic mass is 9.94. The van der Waals surface area contributed by atoms with Gasteiger partial charge in [-0.15, -0.1) is 0 Å². The molecule has 0 N–H and O–H groups in total. The second kappa shape index (κ2) is 5.17. The lowest BCUT2D eigenvalue weighted by molar-refractivity contribution is 1.37. The van der Waals surface area contributed by atoms with Crippen molar-refractivity contribution in [1.29, 1.82) is 0 Å². The van der Waals surface area contributed by atoms with E-state index in [0.29, 0.717) is 0 Å². The Morgan fingerprint density at radius 1 is 0.500 bits per heavy atom. The molecule has 24 heavy (non-hydrogen) atoms. The minimum atomic E-state index is 1.05. The van der Waals surface area contributed by atoms with Crippen LogP contribution in [0, 0.1) is 0 Å². The lowest BCUT2D eigenvalue weighted by Crippen LogP contribution is -1.89. The normalized spacial score (nSPS) is 11.3. The summed E-state index contributed by atoms with van der Waals surface area (Å²) < 4.78 is 0. The minimum Gasteiger partial charge on any atom is -0.256 e. The van der Waals surface area contributed by atoms with Crippen molar-refractivity contribution in [3.63, 3.8) is 0 Å². The lowest BCUT2D eigenvalue weighted by Gasteiger charge is -2.12. The molecule has 5 rings (SSSR count). The van der Waals surface area contributed by atoms with Crippen LogP contribution >= 0.6 is 0 Å². The number of fused-ring (bicyclic) bond motifs is 4. The predicted molar refractivity (Wildman–Crippen MR) is 102 cm³/mol. The molecule has 0 saturated heterocycles. The molecule has 0 unspecified atom stereocenters. The molecule has 0 amide bonds. The first-order valence-corrected chi connectivity index (χ1v) is 8.16. The van der Waals surface area contributed by atoms with Crippen LogP contribution in [0.4, 0.5) is 0 Å². The molecule has 0 aliphatic heterocycles. The summed E-state index contributed by atoms with van der Waals surface area (Å²) in [5.74, 6) is 0. The highest BCUT2D eigenvalue weighted by molar-refractivity contribution is 6.15. The Labute approximate surface area is 140 Å². The number of pyridine rings is 1. The first-order valence-electron chi connectivity index (χ1n) is 8.16. The average Bonchev–Trinajstić information content (AvgIpc) is 2.67. The molecular weight excluding hydrogens is 290 g/mol. The number of aromatic nitrogens is 1. The van der Waals surface area contributed by atoms with Gasteiger partial charge >= 0.3 is 0 Å². The average molecular weight is 305 g/mol. The van der Waals surface area contributed by atoms with Crippen molar-refractivity contribution in [3.8, 4) is 11.3 Å². The van der Waals surface area contributed by atoms with Gasteiger partial charge in [0.05, 0.1) is 5.69 Å². The highest BCUT2D eigenvalue weighted by atomic mass is 14.7. The molecule has 0 atom stereocenters. The van der Waals surface area contributed by atoms with E-state index in [1.54, 1.807) is 0 Å². The summed E-state index contributed by atoms with van der Waals surface area (Å²) in [6.07, 6.45) is 1.90. The van der Waals surface area contributed by atoms with Crippen molar-refractivity contribution in [2.24, 2.45) is 0 Å². The standard InChI is InChI=1S/C23H15N/c1-4-10-19-16(7-1)13-14-24-23(19)22-15-17-8-2-3-9-18(17)20-11-5-6-12-21(20)22/h1-15H. The summed E-state index contributed by atoms with van der Waals surface area (Å²) in [4.78, 5) is 4.73. The highest BCUT2D eigenvalue weighted by Gasteiger charge is 2.11. The van der Waals surface area contributed by atoms with E-state index in [2.05, 4.69) is 84.9 Å². The topological polar surface area (TPSA) is 12.9 Å².